The molecule has 2 N–H and O–H groups in total. The van der Waals surface area contributed by atoms with Gasteiger partial charge in [-0.1, -0.05) is 0 Å². The molecule has 0 spiro atoms. The Morgan fingerprint density at radius 3 is 2.67 bits per heavy atom. The van der Waals surface area contributed by atoms with Crippen LogP contribution in [0.3, 0.4) is 0 Å². The van der Waals surface area contributed by atoms with Crippen molar-refractivity contribution in [2.24, 2.45) is 5.73 Å². The highest BCUT2D eigenvalue weighted by Crippen LogP contribution is 2.25. The van der Waals surface area contributed by atoms with E-state index in [2.05, 4.69) is 4.98 Å². The SMILES string of the molecule is COCc1nc(N(C)CCS(C)(=O)=O)sc1CN. The van der Waals surface area contributed by atoms with E-state index in [1.807, 2.05) is 11.9 Å². The standard InChI is InChI=1S/C10H19N3O3S2/c1-13(4-5-18(3,14)15)10-12-8(7-16-2)9(6-11)17-10/h4-7,11H2,1-3H3. The van der Waals surface area contributed by atoms with E-state index in [0.29, 0.717) is 19.7 Å². The van der Waals surface area contributed by atoms with Gasteiger partial charge in [-0.25, -0.2) is 13.4 Å². The van der Waals surface area contributed by atoms with Crippen molar-refractivity contribution in [3.05, 3.63) is 10.6 Å². The molecule has 0 fully saturated rings. The van der Waals surface area contributed by atoms with Crippen LogP contribution in [0.15, 0.2) is 0 Å². The Labute approximate surface area is 112 Å². The summed E-state index contributed by atoms with van der Waals surface area (Å²) in [5.74, 6) is 0.112. The van der Waals surface area contributed by atoms with Crippen LogP contribution in [0, 0.1) is 0 Å². The first-order chi connectivity index (χ1) is 8.37. The molecule has 0 unspecified atom stereocenters. The maximum Gasteiger partial charge on any atom is 0.185 e. The topological polar surface area (TPSA) is 85.5 Å². The zero-order valence-electron chi connectivity index (χ0n) is 10.8. The monoisotopic (exact) mass is 293 g/mol. The molecular formula is C10H19N3O3S2. The molecule has 0 radical (unpaired) electrons. The number of nitrogens with zero attached hydrogens (tertiary/aromatic N) is 2. The average molecular weight is 293 g/mol. The summed E-state index contributed by atoms with van der Waals surface area (Å²) in [7, 11) is 0.464. The highest BCUT2D eigenvalue weighted by atomic mass is 32.2. The van der Waals surface area contributed by atoms with E-state index >= 15 is 0 Å². The lowest BCUT2D eigenvalue weighted by atomic mass is 10.4. The van der Waals surface area contributed by atoms with Gasteiger partial charge in [-0.05, 0) is 0 Å². The number of ether oxygens (including phenoxy) is 1. The number of sulfone groups is 1. The zero-order valence-corrected chi connectivity index (χ0v) is 12.5. The second-order valence-electron chi connectivity index (χ2n) is 4.05. The van der Waals surface area contributed by atoms with Gasteiger partial charge in [0.1, 0.15) is 9.84 Å². The lowest BCUT2D eigenvalue weighted by Gasteiger charge is -2.14. The Bertz CT molecular complexity index is 485. The van der Waals surface area contributed by atoms with Crippen LogP contribution in [0.5, 0.6) is 0 Å². The molecule has 0 atom stereocenters. The van der Waals surface area contributed by atoms with Gasteiger partial charge in [0.2, 0.25) is 0 Å². The molecule has 8 heteroatoms. The van der Waals surface area contributed by atoms with E-state index in [1.165, 1.54) is 17.6 Å². The van der Waals surface area contributed by atoms with Crippen molar-refractivity contribution in [2.75, 3.05) is 37.6 Å². The van der Waals surface area contributed by atoms with Crippen molar-refractivity contribution >= 4 is 26.3 Å². The minimum atomic E-state index is -2.96. The van der Waals surface area contributed by atoms with Crippen molar-refractivity contribution in [3.8, 4) is 0 Å². The van der Waals surface area contributed by atoms with Gasteiger partial charge in [0.25, 0.3) is 0 Å². The Morgan fingerprint density at radius 1 is 1.50 bits per heavy atom. The number of nitrogens with two attached hydrogens (primary N) is 1. The first kappa shape index (κ1) is 15.4. The predicted molar refractivity (Wildman–Crippen MR) is 73.7 cm³/mol. The maximum atomic E-state index is 11.1. The molecule has 0 aliphatic heterocycles. The summed E-state index contributed by atoms with van der Waals surface area (Å²) in [6.45, 7) is 1.25. The largest absolute Gasteiger partial charge is 0.378 e. The summed E-state index contributed by atoms with van der Waals surface area (Å²) in [6, 6.07) is 0. The van der Waals surface area contributed by atoms with Crippen molar-refractivity contribution in [2.45, 2.75) is 13.2 Å². The van der Waals surface area contributed by atoms with E-state index in [1.54, 1.807) is 7.11 Å². The smallest absolute Gasteiger partial charge is 0.185 e. The highest BCUT2D eigenvalue weighted by Gasteiger charge is 2.14. The first-order valence-electron chi connectivity index (χ1n) is 5.44. The number of hydrogen-bond acceptors (Lipinski definition) is 7. The number of rotatable bonds is 7. The lowest BCUT2D eigenvalue weighted by Crippen LogP contribution is -2.24. The fourth-order valence-electron chi connectivity index (χ4n) is 1.34. The van der Waals surface area contributed by atoms with E-state index in [4.69, 9.17) is 10.5 Å². The van der Waals surface area contributed by atoms with Crippen molar-refractivity contribution in [1.82, 2.24) is 4.98 Å². The number of thiazole rings is 1. The third kappa shape index (κ3) is 4.52. The van der Waals surface area contributed by atoms with Crippen LogP contribution < -0.4 is 10.6 Å². The van der Waals surface area contributed by atoms with Crippen LogP contribution in [0.25, 0.3) is 0 Å². The third-order valence-electron chi connectivity index (χ3n) is 2.36. The summed E-state index contributed by atoms with van der Waals surface area (Å²) in [6.07, 6.45) is 1.23. The molecule has 1 aromatic rings. The van der Waals surface area contributed by atoms with Crippen LogP contribution in [0.4, 0.5) is 5.13 Å². The fraction of sp³-hybridized carbons (Fsp3) is 0.700. The Hall–Kier alpha value is -0.700. The molecule has 0 saturated heterocycles. The van der Waals surface area contributed by atoms with Gasteiger partial charge < -0.3 is 15.4 Å². The maximum absolute atomic E-state index is 11.1. The molecule has 1 heterocycles. The molecular weight excluding hydrogens is 274 g/mol. The van der Waals surface area contributed by atoms with Gasteiger partial charge in [0.15, 0.2) is 5.13 Å². The van der Waals surface area contributed by atoms with Crippen LogP contribution in [0.2, 0.25) is 0 Å². The second-order valence-corrected chi connectivity index (χ2v) is 7.38. The number of hydrogen-bond donors (Lipinski definition) is 1. The van der Waals surface area contributed by atoms with Gasteiger partial charge >= 0.3 is 0 Å². The highest BCUT2D eigenvalue weighted by molar-refractivity contribution is 7.90. The summed E-state index contributed by atoms with van der Waals surface area (Å²) >= 11 is 1.47. The normalized spacial score (nSPS) is 11.8. The van der Waals surface area contributed by atoms with Crippen LogP contribution >= 0.6 is 11.3 Å². The van der Waals surface area contributed by atoms with Gasteiger partial charge in [-0.15, -0.1) is 11.3 Å². The Morgan fingerprint density at radius 2 is 2.17 bits per heavy atom. The molecule has 0 bridgehead atoms. The zero-order chi connectivity index (χ0) is 13.8. The lowest BCUT2D eigenvalue weighted by molar-refractivity contribution is 0.181. The van der Waals surface area contributed by atoms with E-state index in [9.17, 15) is 8.42 Å². The number of anilines is 1. The Kier molecular flexibility index (Phi) is 5.51. The van der Waals surface area contributed by atoms with Crippen LogP contribution in [-0.2, 0) is 27.7 Å². The number of aromatic nitrogens is 1. The summed E-state index contributed by atoms with van der Waals surface area (Å²) in [5, 5.41) is 0.770. The van der Waals surface area contributed by atoms with Gasteiger partial charge in [-0.3, -0.25) is 0 Å². The number of methoxy groups -OCH3 is 1. The average Bonchev–Trinajstić information content (AvgIpc) is 2.69. The molecule has 0 aromatic carbocycles. The second kappa shape index (κ2) is 6.46. The minimum Gasteiger partial charge on any atom is -0.378 e. The van der Waals surface area contributed by atoms with Crippen molar-refractivity contribution in [1.29, 1.82) is 0 Å². The minimum absolute atomic E-state index is 0.112. The molecule has 6 nitrogen and oxygen atoms in total. The first-order valence-corrected chi connectivity index (χ1v) is 8.31. The van der Waals surface area contributed by atoms with Crippen molar-refractivity contribution < 1.29 is 13.2 Å². The summed E-state index contributed by atoms with van der Waals surface area (Å²) in [5.41, 5.74) is 6.46. The van der Waals surface area contributed by atoms with Crippen molar-refractivity contribution in [3.63, 3.8) is 0 Å². The molecule has 104 valence electrons. The molecule has 0 aliphatic rings. The van der Waals surface area contributed by atoms with Crippen LogP contribution in [-0.4, -0.2) is 46.1 Å². The molecule has 0 saturated carbocycles. The molecule has 0 amide bonds. The molecule has 18 heavy (non-hydrogen) atoms. The molecule has 1 aromatic heterocycles. The van der Waals surface area contributed by atoms with E-state index in [-0.39, 0.29) is 5.75 Å². The fourth-order valence-corrected chi connectivity index (χ4v) is 2.87. The quantitative estimate of drug-likeness (QED) is 0.774. The summed E-state index contributed by atoms with van der Waals surface area (Å²) < 4.78 is 27.3. The molecule has 0 aliphatic carbocycles. The van der Waals surface area contributed by atoms with Gasteiger partial charge in [-0.2, -0.15) is 0 Å². The van der Waals surface area contributed by atoms with Gasteiger partial charge in [0.05, 0.1) is 18.1 Å². The molecule has 1 rings (SSSR count). The van der Waals surface area contributed by atoms with Gasteiger partial charge in [0, 0.05) is 38.4 Å². The van der Waals surface area contributed by atoms with E-state index in [0.717, 1.165) is 15.7 Å². The van der Waals surface area contributed by atoms with E-state index < -0.39 is 9.84 Å². The Balaban J connectivity index is 2.76. The van der Waals surface area contributed by atoms with Crippen LogP contribution in [0.1, 0.15) is 10.6 Å². The third-order valence-corrected chi connectivity index (χ3v) is 4.52. The predicted octanol–water partition coefficient (Wildman–Crippen LogP) is 0.229. The summed E-state index contributed by atoms with van der Waals surface area (Å²) in [4.78, 5) is 7.21.